The number of aliphatic hydroxyl groups is 1. The van der Waals surface area contributed by atoms with E-state index < -0.39 is 11.6 Å². The van der Waals surface area contributed by atoms with Gasteiger partial charge in [-0.1, -0.05) is 43.2 Å². The smallest absolute Gasteiger partial charge is 0.343 e. The Morgan fingerprint density at radius 3 is 2.58 bits per heavy atom. The second kappa shape index (κ2) is 10.7. The number of nitrogens with one attached hydrogen (secondary N) is 1. The average Bonchev–Trinajstić information content (AvgIpc) is 3.45. The van der Waals surface area contributed by atoms with Gasteiger partial charge in [0.25, 0.3) is 5.91 Å². The predicted molar refractivity (Wildman–Crippen MR) is 118 cm³/mol. The number of anilines is 1. The van der Waals surface area contributed by atoms with Crippen molar-refractivity contribution in [1.82, 2.24) is 9.97 Å². The van der Waals surface area contributed by atoms with Gasteiger partial charge in [0.2, 0.25) is 0 Å². The van der Waals surface area contributed by atoms with Crippen LogP contribution in [0.1, 0.15) is 37.7 Å². The molecule has 2 heterocycles. The lowest BCUT2D eigenvalue weighted by molar-refractivity contribution is -0.890. The summed E-state index contributed by atoms with van der Waals surface area (Å²) in [5.74, 6) is -0.397. The van der Waals surface area contributed by atoms with Crippen molar-refractivity contribution < 1.29 is 40.9 Å². The summed E-state index contributed by atoms with van der Waals surface area (Å²) in [4.78, 5) is 33.7. The number of aromatic nitrogens is 2. The zero-order valence-corrected chi connectivity index (χ0v) is 20.4. The predicted octanol–water partition coefficient (Wildman–Crippen LogP) is -0.741. The lowest BCUT2D eigenvalue weighted by Crippen LogP contribution is -3.00. The summed E-state index contributed by atoms with van der Waals surface area (Å²) in [6.45, 7) is 1.49. The molecule has 178 valence electrons. The first-order chi connectivity index (χ1) is 15.4. The van der Waals surface area contributed by atoms with Crippen LogP contribution in [-0.2, 0) is 19.9 Å². The van der Waals surface area contributed by atoms with Gasteiger partial charge in [0.05, 0.1) is 13.6 Å². The number of likely N-dealkylation sites (N-methyl/N-ethyl adjacent to an activating group) is 1. The number of carbonyl (C=O) groups is 2. The highest BCUT2D eigenvalue weighted by atomic mass is 79.9. The van der Waals surface area contributed by atoms with E-state index >= 15 is 0 Å². The molecule has 8 nitrogen and oxygen atoms in total. The molecule has 1 saturated heterocycles. The highest BCUT2D eigenvalue weighted by Crippen LogP contribution is 2.42. The standard InChI is InChI=1S/C24H30N4O4.BrH/c1-28(16-22(29)27-21-11-13-25-17-26-21)14-12-20(15-28)32-23(30)24(31,19-9-5-6-10-19)18-7-3-2-4-8-18;/h2-4,7-8,11,13,17,19-20,31H,5-6,9-10,12,14-16H2,1H3;1H. The van der Waals surface area contributed by atoms with Gasteiger partial charge < -0.3 is 36.6 Å². The molecule has 3 unspecified atom stereocenters. The minimum Gasteiger partial charge on any atom is -1.00 e. The van der Waals surface area contributed by atoms with E-state index in [1.54, 1.807) is 24.4 Å². The van der Waals surface area contributed by atoms with Crippen molar-refractivity contribution in [2.45, 2.75) is 43.8 Å². The summed E-state index contributed by atoms with van der Waals surface area (Å²) in [7, 11) is 1.98. The van der Waals surface area contributed by atoms with E-state index in [-0.39, 0.29) is 41.5 Å². The molecule has 2 aliphatic rings. The maximum Gasteiger partial charge on any atom is 0.343 e. The van der Waals surface area contributed by atoms with Crippen LogP contribution in [-0.4, -0.2) is 64.2 Å². The van der Waals surface area contributed by atoms with Crippen LogP contribution in [0.25, 0.3) is 0 Å². The number of likely N-dealkylation sites (tertiary alicyclic amines) is 1. The third-order valence-corrected chi connectivity index (χ3v) is 6.75. The molecule has 1 aromatic carbocycles. The minimum absolute atomic E-state index is 0. The molecule has 4 rings (SSSR count). The molecule has 2 aromatic rings. The van der Waals surface area contributed by atoms with Gasteiger partial charge in [-0.3, -0.25) is 4.79 Å². The molecule has 2 N–H and O–H groups in total. The lowest BCUT2D eigenvalue weighted by atomic mass is 9.80. The first-order valence-corrected chi connectivity index (χ1v) is 11.3. The number of amides is 1. The Balaban J connectivity index is 0.00000306. The van der Waals surface area contributed by atoms with Crippen molar-refractivity contribution in [3.05, 3.63) is 54.5 Å². The van der Waals surface area contributed by atoms with Crippen LogP contribution in [0.5, 0.6) is 0 Å². The third kappa shape index (κ3) is 5.77. The maximum atomic E-state index is 13.3. The van der Waals surface area contributed by atoms with Crippen LogP contribution < -0.4 is 22.3 Å². The van der Waals surface area contributed by atoms with Crippen molar-refractivity contribution in [2.75, 3.05) is 32.0 Å². The van der Waals surface area contributed by atoms with Crippen LogP contribution >= 0.6 is 0 Å². The zero-order chi connectivity index (χ0) is 22.6. The first-order valence-electron chi connectivity index (χ1n) is 11.3. The number of quaternary nitrogens is 1. The summed E-state index contributed by atoms with van der Waals surface area (Å²) >= 11 is 0. The molecule has 1 amide bonds. The largest absolute Gasteiger partial charge is 1.00 e. The molecule has 33 heavy (non-hydrogen) atoms. The first kappa shape index (κ1) is 25.3. The summed E-state index contributed by atoms with van der Waals surface area (Å²) in [5, 5.41) is 14.4. The van der Waals surface area contributed by atoms with Crippen molar-refractivity contribution in [1.29, 1.82) is 0 Å². The molecular weight excluding hydrogens is 488 g/mol. The molecule has 0 bridgehead atoms. The zero-order valence-electron chi connectivity index (χ0n) is 18.8. The number of esters is 1. The third-order valence-electron chi connectivity index (χ3n) is 6.75. The number of rotatable bonds is 7. The fourth-order valence-electron chi connectivity index (χ4n) is 5.06. The Kier molecular flexibility index (Phi) is 8.20. The quantitative estimate of drug-likeness (QED) is 0.369. The Hall–Kier alpha value is -2.36. The number of carbonyl (C=O) groups excluding carboxylic acids is 2. The molecule has 1 aromatic heterocycles. The number of ether oxygens (including phenoxy) is 1. The van der Waals surface area contributed by atoms with E-state index in [0.29, 0.717) is 35.4 Å². The molecule has 2 fully saturated rings. The van der Waals surface area contributed by atoms with Gasteiger partial charge in [0, 0.05) is 18.5 Å². The second-order valence-electron chi connectivity index (χ2n) is 9.26. The number of halogens is 1. The Bertz CT molecular complexity index is 942. The number of hydrogen-bond donors (Lipinski definition) is 2. The van der Waals surface area contributed by atoms with Crippen molar-refractivity contribution >= 4 is 17.7 Å². The molecule has 1 aliphatic heterocycles. The monoisotopic (exact) mass is 518 g/mol. The molecule has 0 spiro atoms. The number of nitrogens with zero attached hydrogens (tertiary/aromatic N) is 3. The highest BCUT2D eigenvalue weighted by molar-refractivity contribution is 5.90. The minimum atomic E-state index is -1.63. The molecule has 0 radical (unpaired) electrons. The van der Waals surface area contributed by atoms with Gasteiger partial charge in [-0.15, -0.1) is 0 Å². The summed E-state index contributed by atoms with van der Waals surface area (Å²) < 4.78 is 6.34. The van der Waals surface area contributed by atoms with Crippen molar-refractivity contribution in [2.24, 2.45) is 5.92 Å². The molecule has 1 aliphatic carbocycles. The van der Waals surface area contributed by atoms with Crippen LogP contribution in [0.2, 0.25) is 0 Å². The van der Waals surface area contributed by atoms with E-state index in [2.05, 4.69) is 15.3 Å². The molecule has 9 heteroatoms. The second-order valence-corrected chi connectivity index (χ2v) is 9.26. The normalized spacial score (nSPS) is 24.5. The Morgan fingerprint density at radius 2 is 1.91 bits per heavy atom. The maximum absolute atomic E-state index is 13.3. The topological polar surface area (TPSA) is 101 Å². The Labute approximate surface area is 204 Å². The lowest BCUT2D eigenvalue weighted by Gasteiger charge is -2.33. The van der Waals surface area contributed by atoms with Gasteiger partial charge in [-0.05, 0) is 24.5 Å². The summed E-state index contributed by atoms with van der Waals surface area (Å²) in [6, 6.07) is 10.8. The van der Waals surface area contributed by atoms with Crippen LogP contribution in [0.3, 0.4) is 0 Å². The highest BCUT2D eigenvalue weighted by Gasteiger charge is 2.49. The number of hydrogen-bond acceptors (Lipinski definition) is 6. The van der Waals surface area contributed by atoms with E-state index in [0.717, 1.165) is 25.7 Å². The Morgan fingerprint density at radius 1 is 1.18 bits per heavy atom. The van der Waals surface area contributed by atoms with E-state index in [1.165, 1.54) is 6.33 Å². The SMILES string of the molecule is C[N+]1(CC(=O)Nc2ccncn2)CCC(OC(=O)C(O)(c2ccccc2)C2CCCC2)C1.[Br-]. The van der Waals surface area contributed by atoms with Gasteiger partial charge in [-0.25, -0.2) is 14.8 Å². The van der Waals surface area contributed by atoms with E-state index in [1.807, 2.05) is 25.2 Å². The fraction of sp³-hybridized carbons (Fsp3) is 0.500. The van der Waals surface area contributed by atoms with Gasteiger partial charge in [0.1, 0.15) is 18.7 Å². The number of benzene rings is 1. The van der Waals surface area contributed by atoms with Crippen LogP contribution in [0.15, 0.2) is 48.9 Å². The van der Waals surface area contributed by atoms with Crippen LogP contribution in [0.4, 0.5) is 5.82 Å². The molecular formula is C24H31BrN4O4. The van der Waals surface area contributed by atoms with E-state index in [4.69, 9.17) is 4.74 Å². The van der Waals surface area contributed by atoms with Gasteiger partial charge >= 0.3 is 5.97 Å². The van der Waals surface area contributed by atoms with Crippen LogP contribution in [0, 0.1) is 5.92 Å². The molecule has 3 atom stereocenters. The average molecular weight is 519 g/mol. The van der Waals surface area contributed by atoms with Crippen molar-refractivity contribution in [3.63, 3.8) is 0 Å². The molecule has 1 saturated carbocycles. The van der Waals surface area contributed by atoms with Gasteiger partial charge in [-0.2, -0.15) is 0 Å². The fourth-order valence-corrected chi connectivity index (χ4v) is 5.06. The van der Waals surface area contributed by atoms with E-state index in [9.17, 15) is 14.7 Å². The summed E-state index contributed by atoms with van der Waals surface area (Å²) in [6.07, 6.45) is 6.90. The van der Waals surface area contributed by atoms with Crippen molar-refractivity contribution in [3.8, 4) is 0 Å². The summed E-state index contributed by atoms with van der Waals surface area (Å²) in [5.41, 5.74) is -1.04. The van der Waals surface area contributed by atoms with Gasteiger partial charge in [0.15, 0.2) is 18.2 Å².